The summed E-state index contributed by atoms with van der Waals surface area (Å²) in [4.78, 5) is 4.12. The molecule has 0 saturated heterocycles. The third-order valence-corrected chi connectivity index (χ3v) is 3.02. The number of nitrogens with two attached hydrogens (primary N) is 1. The maximum Gasteiger partial charge on any atom is 0.223 e. The largest absolute Gasteiger partial charge is 0.398 e. The second-order valence-corrected chi connectivity index (χ2v) is 4.63. The third kappa shape index (κ3) is 2.76. The number of benzene rings is 1. The summed E-state index contributed by atoms with van der Waals surface area (Å²) in [7, 11) is 0. The van der Waals surface area contributed by atoms with Gasteiger partial charge in [-0.1, -0.05) is 5.16 Å². The Kier molecular flexibility index (Phi) is 3.33. The van der Waals surface area contributed by atoms with Gasteiger partial charge in [0.1, 0.15) is 0 Å². The number of hydrogen-bond donors (Lipinski definition) is 2. The molecule has 0 spiro atoms. The van der Waals surface area contributed by atoms with Crippen molar-refractivity contribution in [3.63, 3.8) is 0 Å². The Morgan fingerprint density at radius 2 is 2.18 bits per heavy atom. The molecular formula is C11H13BrN4O. The number of aryl methyl sites for hydroxylation is 2. The summed E-state index contributed by atoms with van der Waals surface area (Å²) in [5.41, 5.74) is 8.55. The van der Waals surface area contributed by atoms with Crippen LogP contribution in [-0.4, -0.2) is 10.1 Å². The maximum absolute atomic E-state index is 5.80. The van der Waals surface area contributed by atoms with Crippen LogP contribution in [0.4, 0.5) is 11.4 Å². The fourth-order valence-electron chi connectivity index (χ4n) is 1.42. The van der Waals surface area contributed by atoms with Crippen LogP contribution in [0, 0.1) is 13.8 Å². The van der Waals surface area contributed by atoms with Crippen molar-refractivity contribution in [2.45, 2.75) is 20.4 Å². The predicted octanol–water partition coefficient (Wildman–Crippen LogP) is 2.64. The van der Waals surface area contributed by atoms with Crippen molar-refractivity contribution in [1.29, 1.82) is 0 Å². The highest BCUT2D eigenvalue weighted by Crippen LogP contribution is 2.27. The summed E-state index contributed by atoms with van der Waals surface area (Å²) < 4.78 is 5.81. The van der Waals surface area contributed by atoms with Gasteiger partial charge in [-0.05, 0) is 40.5 Å². The molecule has 0 radical (unpaired) electrons. The Balaban J connectivity index is 2.11. The Morgan fingerprint density at radius 1 is 1.41 bits per heavy atom. The van der Waals surface area contributed by atoms with Crippen LogP contribution in [0.5, 0.6) is 0 Å². The number of rotatable bonds is 3. The van der Waals surface area contributed by atoms with Crippen molar-refractivity contribution >= 4 is 27.3 Å². The van der Waals surface area contributed by atoms with E-state index in [4.69, 9.17) is 10.3 Å². The molecule has 1 aromatic heterocycles. The molecule has 17 heavy (non-hydrogen) atoms. The Bertz CT molecular complexity index is 538. The van der Waals surface area contributed by atoms with Crippen LogP contribution < -0.4 is 11.1 Å². The molecular weight excluding hydrogens is 284 g/mol. The first-order valence-corrected chi connectivity index (χ1v) is 5.94. The lowest BCUT2D eigenvalue weighted by molar-refractivity contribution is 0.388. The highest BCUT2D eigenvalue weighted by molar-refractivity contribution is 9.10. The summed E-state index contributed by atoms with van der Waals surface area (Å²) in [6.45, 7) is 4.24. The summed E-state index contributed by atoms with van der Waals surface area (Å²) >= 11 is 3.45. The number of nitrogen functional groups attached to an aromatic ring is 1. The molecule has 6 heteroatoms. The van der Waals surface area contributed by atoms with Gasteiger partial charge < -0.3 is 15.6 Å². The molecule has 0 atom stereocenters. The van der Waals surface area contributed by atoms with E-state index >= 15 is 0 Å². The zero-order valence-corrected chi connectivity index (χ0v) is 11.2. The lowest BCUT2D eigenvalue weighted by Gasteiger charge is -2.09. The molecule has 90 valence electrons. The summed E-state index contributed by atoms with van der Waals surface area (Å²) in [6.07, 6.45) is 0. The van der Waals surface area contributed by atoms with E-state index in [2.05, 4.69) is 31.4 Å². The van der Waals surface area contributed by atoms with E-state index in [-0.39, 0.29) is 0 Å². The Labute approximate surface area is 108 Å². The van der Waals surface area contributed by atoms with Crippen LogP contribution in [0.15, 0.2) is 21.1 Å². The standard InChI is InChI=1S/C11H13BrN4O/c1-6-3-10(8(12)4-9(6)13)14-5-11-15-7(2)17-16-11/h3-4,14H,5,13H2,1-2H3. The van der Waals surface area contributed by atoms with Gasteiger partial charge in [0.25, 0.3) is 0 Å². The van der Waals surface area contributed by atoms with Crippen LogP contribution in [0.25, 0.3) is 0 Å². The van der Waals surface area contributed by atoms with E-state index in [9.17, 15) is 0 Å². The number of aromatic nitrogens is 2. The van der Waals surface area contributed by atoms with Gasteiger partial charge in [-0.15, -0.1) is 0 Å². The van der Waals surface area contributed by atoms with Crippen molar-refractivity contribution in [3.8, 4) is 0 Å². The van der Waals surface area contributed by atoms with Crippen LogP contribution in [0.2, 0.25) is 0 Å². The van der Waals surface area contributed by atoms with Gasteiger partial charge >= 0.3 is 0 Å². The summed E-state index contributed by atoms with van der Waals surface area (Å²) in [5.74, 6) is 1.19. The number of hydrogen-bond acceptors (Lipinski definition) is 5. The SMILES string of the molecule is Cc1nc(CNc2cc(C)c(N)cc2Br)no1. The summed E-state index contributed by atoms with van der Waals surface area (Å²) in [6, 6.07) is 3.85. The van der Waals surface area contributed by atoms with Crippen LogP contribution in [0.3, 0.4) is 0 Å². The second kappa shape index (κ2) is 4.75. The van der Waals surface area contributed by atoms with Crippen molar-refractivity contribution in [3.05, 3.63) is 33.9 Å². The molecule has 0 aliphatic heterocycles. The number of nitrogens with one attached hydrogen (secondary N) is 1. The Hall–Kier alpha value is -1.56. The van der Waals surface area contributed by atoms with Crippen LogP contribution in [-0.2, 0) is 6.54 Å². The zero-order valence-electron chi connectivity index (χ0n) is 9.62. The van der Waals surface area contributed by atoms with Crippen LogP contribution >= 0.6 is 15.9 Å². The highest BCUT2D eigenvalue weighted by atomic mass is 79.9. The molecule has 1 heterocycles. The molecule has 3 N–H and O–H groups in total. The maximum atomic E-state index is 5.80. The van der Waals surface area contributed by atoms with E-state index in [1.165, 1.54) is 0 Å². The minimum Gasteiger partial charge on any atom is -0.398 e. The van der Waals surface area contributed by atoms with E-state index in [0.717, 1.165) is 21.4 Å². The van der Waals surface area contributed by atoms with Gasteiger partial charge in [-0.25, -0.2) is 0 Å². The molecule has 0 fully saturated rings. The first kappa shape index (κ1) is 11.9. The van der Waals surface area contributed by atoms with Gasteiger partial charge in [0.05, 0.1) is 6.54 Å². The van der Waals surface area contributed by atoms with Gasteiger partial charge in [0.15, 0.2) is 5.82 Å². The van der Waals surface area contributed by atoms with Crippen molar-refractivity contribution in [2.75, 3.05) is 11.1 Å². The first-order chi connectivity index (χ1) is 8.06. The zero-order chi connectivity index (χ0) is 12.4. The number of halogens is 1. The van der Waals surface area contributed by atoms with Crippen molar-refractivity contribution < 1.29 is 4.52 Å². The molecule has 0 unspecified atom stereocenters. The lowest BCUT2D eigenvalue weighted by atomic mass is 10.2. The monoisotopic (exact) mass is 296 g/mol. The third-order valence-electron chi connectivity index (χ3n) is 2.36. The number of nitrogens with zero attached hydrogens (tertiary/aromatic N) is 2. The normalized spacial score (nSPS) is 10.5. The van der Waals surface area contributed by atoms with Crippen molar-refractivity contribution in [1.82, 2.24) is 10.1 Å². The molecule has 0 aliphatic rings. The molecule has 2 rings (SSSR count). The molecule has 0 bridgehead atoms. The molecule has 0 amide bonds. The summed E-state index contributed by atoms with van der Waals surface area (Å²) in [5, 5.41) is 7.04. The van der Waals surface area contributed by atoms with Gasteiger partial charge in [0, 0.05) is 22.8 Å². The lowest BCUT2D eigenvalue weighted by Crippen LogP contribution is -2.03. The Morgan fingerprint density at radius 3 is 2.82 bits per heavy atom. The average Bonchev–Trinajstić information content (AvgIpc) is 2.68. The second-order valence-electron chi connectivity index (χ2n) is 3.77. The smallest absolute Gasteiger partial charge is 0.223 e. The van der Waals surface area contributed by atoms with E-state index in [1.54, 1.807) is 6.92 Å². The molecule has 0 saturated carbocycles. The van der Waals surface area contributed by atoms with E-state index in [1.807, 2.05) is 19.1 Å². The fraction of sp³-hybridized carbons (Fsp3) is 0.273. The van der Waals surface area contributed by atoms with Gasteiger partial charge in [-0.3, -0.25) is 0 Å². The van der Waals surface area contributed by atoms with E-state index in [0.29, 0.717) is 18.3 Å². The number of anilines is 2. The highest BCUT2D eigenvalue weighted by Gasteiger charge is 2.06. The van der Waals surface area contributed by atoms with Gasteiger partial charge in [0.2, 0.25) is 5.89 Å². The average molecular weight is 297 g/mol. The predicted molar refractivity (Wildman–Crippen MR) is 69.7 cm³/mol. The first-order valence-electron chi connectivity index (χ1n) is 5.15. The van der Waals surface area contributed by atoms with Gasteiger partial charge in [-0.2, -0.15) is 4.98 Å². The fourth-order valence-corrected chi connectivity index (χ4v) is 1.92. The van der Waals surface area contributed by atoms with Crippen LogP contribution in [0.1, 0.15) is 17.3 Å². The quantitative estimate of drug-likeness (QED) is 0.852. The molecule has 2 aromatic rings. The minimum absolute atomic E-state index is 0.513. The molecule has 0 aliphatic carbocycles. The van der Waals surface area contributed by atoms with Crippen molar-refractivity contribution in [2.24, 2.45) is 0 Å². The minimum atomic E-state index is 0.513. The topological polar surface area (TPSA) is 77.0 Å². The molecule has 5 nitrogen and oxygen atoms in total. The van der Waals surface area contributed by atoms with E-state index < -0.39 is 0 Å². The molecule has 1 aromatic carbocycles.